The Bertz CT molecular complexity index is 316. The van der Waals surface area contributed by atoms with Crippen molar-refractivity contribution in [3.05, 3.63) is 29.8 Å². The van der Waals surface area contributed by atoms with Crippen LogP contribution in [0.3, 0.4) is 0 Å². The van der Waals surface area contributed by atoms with E-state index in [2.05, 4.69) is 12.2 Å². The molecule has 0 heterocycles. The smallest absolute Gasteiger partial charge is 0.115 e. The first-order valence-electron chi connectivity index (χ1n) is 6.25. The maximum Gasteiger partial charge on any atom is 0.115 e. The SMILES string of the molecule is CC(Cc1ccc(O)cc1)NCC1CCC1. The molecule has 1 atom stereocenters. The summed E-state index contributed by atoms with van der Waals surface area (Å²) in [5.41, 5.74) is 1.28. The molecule has 1 fully saturated rings. The van der Waals surface area contributed by atoms with Crippen molar-refractivity contribution in [1.29, 1.82) is 0 Å². The van der Waals surface area contributed by atoms with E-state index < -0.39 is 0 Å². The third kappa shape index (κ3) is 3.24. The highest BCUT2D eigenvalue weighted by Gasteiger charge is 2.17. The minimum Gasteiger partial charge on any atom is -0.508 e. The van der Waals surface area contributed by atoms with Gasteiger partial charge in [-0.3, -0.25) is 0 Å². The fourth-order valence-corrected chi connectivity index (χ4v) is 2.12. The van der Waals surface area contributed by atoms with Crippen molar-refractivity contribution in [3.63, 3.8) is 0 Å². The van der Waals surface area contributed by atoms with Gasteiger partial charge in [0, 0.05) is 6.04 Å². The van der Waals surface area contributed by atoms with Crippen molar-refractivity contribution in [3.8, 4) is 5.75 Å². The van der Waals surface area contributed by atoms with Crippen LogP contribution >= 0.6 is 0 Å². The van der Waals surface area contributed by atoms with Gasteiger partial charge >= 0.3 is 0 Å². The lowest BCUT2D eigenvalue weighted by atomic mass is 9.85. The number of hydrogen-bond donors (Lipinski definition) is 2. The summed E-state index contributed by atoms with van der Waals surface area (Å²) in [7, 11) is 0. The van der Waals surface area contributed by atoms with Crippen LogP contribution in [-0.4, -0.2) is 17.7 Å². The van der Waals surface area contributed by atoms with Crippen LogP contribution in [0.4, 0.5) is 0 Å². The molecule has 88 valence electrons. The van der Waals surface area contributed by atoms with E-state index in [1.165, 1.54) is 31.4 Å². The van der Waals surface area contributed by atoms with Gasteiger partial charge in [0.25, 0.3) is 0 Å². The molecule has 0 aliphatic heterocycles. The molecule has 1 aliphatic carbocycles. The monoisotopic (exact) mass is 219 g/mol. The molecule has 16 heavy (non-hydrogen) atoms. The average molecular weight is 219 g/mol. The van der Waals surface area contributed by atoms with Gasteiger partial charge in [-0.05, 0) is 56.3 Å². The molecule has 0 amide bonds. The van der Waals surface area contributed by atoms with Crippen LogP contribution in [-0.2, 0) is 6.42 Å². The molecule has 0 saturated heterocycles. The van der Waals surface area contributed by atoms with Gasteiger partial charge < -0.3 is 10.4 Å². The van der Waals surface area contributed by atoms with E-state index in [4.69, 9.17) is 0 Å². The summed E-state index contributed by atoms with van der Waals surface area (Å²) < 4.78 is 0. The van der Waals surface area contributed by atoms with Crippen molar-refractivity contribution in [1.82, 2.24) is 5.32 Å². The van der Waals surface area contributed by atoms with E-state index in [1.807, 2.05) is 12.1 Å². The van der Waals surface area contributed by atoms with Crippen molar-refractivity contribution < 1.29 is 5.11 Å². The summed E-state index contributed by atoms with van der Waals surface area (Å²) in [6.07, 6.45) is 5.25. The van der Waals surface area contributed by atoms with Crippen LogP contribution in [0.1, 0.15) is 31.7 Å². The van der Waals surface area contributed by atoms with Crippen molar-refractivity contribution in [2.24, 2.45) is 5.92 Å². The highest BCUT2D eigenvalue weighted by atomic mass is 16.3. The number of hydrogen-bond acceptors (Lipinski definition) is 2. The highest BCUT2D eigenvalue weighted by Crippen LogP contribution is 2.25. The topological polar surface area (TPSA) is 32.3 Å². The molecule has 0 spiro atoms. The van der Waals surface area contributed by atoms with Crippen molar-refractivity contribution in [2.75, 3.05) is 6.54 Å². The van der Waals surface area contributed by atoms with Crippen LogP contribution in [0.2, 0.25) is 0 Å². The van der Waals surface area contributed by atoms with Gasteiger partial charge in [0.05, 0.1) is 0 Å². The first-order chi connectivity index (χ1) is 7.74. The van der Waals surface area contributed by atoms with E-state index >= 15 is 0 Å². The van der Waals surface area contributed by atoms with Crippen LogP contribution < -0.4 is 5.32 Å². The first kappa shape index (κ1) is 11.5. The molecule has 2 nitrogen and oxygen atoms in total. The van der Waals surface area contributed by atoms with Gasteiger partial charge in [0.15, 0.2) is 0 Å². The standard InChI is InChI=1S/C14H21NO/c1-11(15-10-13-3-2-4-13)9-12-5-7-14(16)8-6-12/h5-8,11,13,15-16H,2-4,9-10H2,1H3. The molecule has 1 aliphatic rings. The fourth-order valence-electron chi connectivity index (χ4n) is 2.12. The Morgan fingerprint density at radius 2 is 2.00 bits per heavy atom. The molecule has 1 saturated carbocycles. The van der Waals surface area contributed by atoms with Crippen molar-refractivity contribution >= 4 is 0 Å². The maximum absolute atomic E-state index is 9.19. The zero-order valence-corrected chi connectivity index (χ0v) is 9.95. The van der Waals surface area contributed by atoms with E-state index in [0.717, 1.165) is 12.3 Å². The molecule has 0 aromatic heterocycles. The van der Waals surface area contributed by atoms with Gasteiger partial charge in [-0.2, -0.15) is 0 Å². The molecule has 0 bridgehead atoms. The molecule has 1 aromatic carbocycles. The molecule has 1 unspecified atom stereocenters. The minimum atomic E-state index is 0.346. The third-order valence-electron chi connectivity index (χ3n) is 3.46. The molecule has 2 heteroatoms. The van der Waals surface area contributed by atoms with E-state index in [-0.39, 0.29) is 0 Å². The van der Waals surface area contributed by atoms with Gasteiger partial charge in [0.1, 0.15) is 5.75 Å². The van der Waals surface area contributed by atoms with Crippen LogP contribution in [0.5, 0.6) is 5.75 Å². The largest absolute Gasteiger partial charge is 0.508 e. The summed E-state index contributed by atoms with van der Waals surface area (Å²) in [6.45, 7) is 3.39. The highest BCUT2D eigenvalue weighted by molar-refractivity contribution is 5.26. The summed E-state index contributed by atoms with van der Waals surface area (Å²) in [5.74, 6) is 1.26. The predicted molar refractivity (Wildman–Crippen MR) is 66.6 cm³/mol. The second-order valence-corrected chi connectivity index (χ2v) is 4.98. The average Bonchev–Trinajstić information content (AvgIpc) is 2.19. The zero-order chi connectivity index (χ0) is 11.4. The Morgan fingerprint density at radius 1 is 1.31 bits per heavy atom. The number of nitrogens with one attached hydrogen (secondary N) is 1. The Hall–Kier alpha value is -1.02. The second-order valence-electron chi connectivity index (χ2n) is 4.98. The van der Waals surface area contributed by atoms with Gasteiger partial charge in [-0.1, -0.05) is 18.6 Å². The lowest BCUT2D eigenvalue weighted by molar-refractivity contribution is 0.291. The van der Waals surface area contributed by atoms with Gasteiger partial charge in [-0.25, -0.2) is 0 Å². The number of phenolic OH excluding ortho intramolecular Hbond substituents is 1. The third-order valence-corrected chi connectivity index (χ3v) is 3.46. The molecular formula is C14H21NO. The predicted octanol–water partition coefficient (Wildman–Crippen LogP) is 2.71. The van der Waals surface area contributed by atoms with Crippen LogP contribution in [0.15, 0.2) is 24.3 Å². The quantitative estimate of drug-likeness (QED) is 0.798. The summed E-state index contributed by atoms with van der Waals surface area (Å²) in [5, 5.41) is 12.8. The van der Waals surface area contributed by atoms with Gasteiger partial charge in [-0.15, -0.1) is 0 Å². The normalized spacial score (nSPS) is 18.1. The molecule has 2 rings (SSSR count). The Kier molecular flexibility index (Phi) is 3.83. The summed E-state index contributed by atoms with van der Waals surface area (Å²) in [6, 6.07) is 8.03. The van der Waals surface area contributed by atoms with E-state index in [9.17, 15) is 5.11 Å². The number of rotatable bonds is 5. The Morgan fingerprint density at radius 3 is 2.56 bits per heavy atom. The lowest BCUT2D eigenvalue weighted by Crippen LogP contribution is -2.34. The Labute approximate surface area is 97.7 Å². The lowest BCUT2D eigenvalue weighted by Gasteiger charge is -2.27. The second kappa shape index (κ2) is 5.35. The van der Waals surface area contributed by atoms with Gasteiger partial charge in [0.2, 0.25) is 0 Å². The number of aromatic hydroxyl groups is 1. The Balaban J connectivity index is 1.73. The summed E-state index contributed by atoms with van der Waals surface area (Å²) >= 11 is 0. The fraction of sp³-hybridized carbons (Fsp3) is 0.571. The summed E-state index contributed by atoms with van der Waals surface area (Å²) in [4.78, 5) is 0. The van der Waals surface area contributed by atoms with E-state index in [0.29, 0.717) is 11.8 Å². The maximum atomic E-state index is 9.19. The first-order valence-corrected chi connectivity index (χ1v) is 6.25. The van der Waals surface area contributed by atoms with Crippen LogP contribution in [0.25, 0.3) is 0 Å². The zero-order valence-electron chi connectivity index (χ0n) is 9.95. The van der Waals surface area contributed by atoms with Crippen molar-refractivity contribution in [2.45, 2.75) is 38.6 Å². The van der Waals surface area contributed by atoms with E-state index in [1.54, 1.807) is 12.1 Å². The molecular weight excluding hydrogens is 198 g/mol. The minimum absolute atomic E-state index is 0.346. The number of benzene rings is 1. The molecule has 1 aromatic rings. The molecule has 0 radical (unpaired) electrons. The van der Waals surface area contributed by atoms with Crippen LogP contribution in [0, 0.1) is 5.92 Å². The number of phenols is 1. The molecule has 2 N–H and O–H groups in total.